The van der Waals surface area contributed by atoms with Crippen LogP contribution in [-0.4, -0.2) is 23.4 Å². The molecule has 0 saturated carbocycles. The Kier molecular flexibility index (Phi) is 4.65. The van der Waals surface area contributed by atoms with Crippen LogP contribution in [0.2, 0.25) is 0 Å². The summed E-state index contributed by atoms with van der Waals surface area (Å²) in [7, 11) is 0. The van der Waals surface area contributed by atoms with Crippen molar-refractivity contribution >= 4 is 0 Å². The normalized spacial score (nSPS) is 10.3. The summed E-state index contributed by atoms with van der Waals surface area (Å²) >= 11 is 0. The maximum atomic E-state index is 8.72. The van der Waals surface area contributed by atoms with Gasteiger partial charge in [-0.15, -0.1) is 0 Å². The van der Waals surface area contributed by atoms with Gasteiger partial charge in [0.2, 0.25) is 5.89 Å². The number of hydrogen-bond acceptors (Lipinski definition) is 5. The summed E-state index contributed by atoms with van der Waals surface area (Å²) in [6.07, 6.45) is 1.23. The molecule has 0 saturated heterocycles. The van der Waals surface area contributed by atoms with Crippen LogP contribution in [0.5, 0.6) is 0 Å². The van der Waals surface area contributed by atoms with Crippen LogP contribution < -0.4 is 0 Å². The van der Waals surface area contributed by atoms with Crippen molar-refractivity contribution in [3.05, 3.63) is 47.1 Å². The molecule has 0 aliphatic heterocycles. The molecule has 0 spiro atoms. The molecule has 19 heavy (non-hydrogen) atoms. The molecule has 0 radical (unpaired) electrons. The van der Waals surface area contributed by atoms with E-state index in [-0.39, 0.29) is 0 Å². The maximum absolute atomic E-state index is 8.72. The van der Waals surface area contributed by atoms with E-state index in [0.29, 0.717) is 43.3 Å². The zero-order valence-corrected chi connectivity index (χ0v) is 10.8. The third-order valence-corrected chi connectivity index (χ3v) is 2.62. The minimum atomic E-state index is 0.577. The molecule has 0 atom stereocenters. The second kappa shape index (κ2) is 6.66. The van der Waals surface area contributed by atoms with Crippen LogP contribution in [-0.2, 0) is 17.6 Å². The summed E-state index contributed by atoms with van der Waals surface area (Å²) in [4.78, 5) is 4.30. The molecule has 2 aromatic rings. The fraction of sp³-hybridized carbons (Fsp3) is 0.357. The molecule has 98 valence electrons. The molecule has 0 bridgehead atoms. The number of nitrogens with zero attached hydrogens (tertiary/aromatic N) is 3. The van der Waals surface area contributed by atoms with Gasteiger partial charge in [0.05, 0.1) is 24.7 Å². The van der Waals surface area contributed by atoms with Gasteiger partial charge < -0.3 is 9.26 Å². The summed E-state index contributed by atoms with van der Waals surface area (Å²) in [6.45, 7) is 3.24. The highest BCUT2D eigenvalue weighted by Gasteiger charge is 2.07. The quantitative estimate of drug-likeness (QED) is 0.741. The lowest BCUT2D eigenvalue weighted by Gasteiger charge is -1.96. The van der Waals surface area contributed by atoms with Gasteiger partial charge in [-0.25, -0.2) is 0 Å². The number of nitriles is 1. The molecular formula is C14H15N3O2. The first-order valence-electron chi connectivity index (χ1n) is 6.20. The zero-order valence-electron chi connectivity index (χ0n) is 10.8. The SMILES string of the molecule is CCOCCc1noc(Cc2ccc(C#N)cc2)n1. The highest BCUT2D eigenvalue weighted by molar-refractivity contribution is 5.32. The summed E-state index contributed by atoms with van der Waals surface area (Å²) in [5.41, 5.74) is 1.69. The first-order chi connectivity index (χ1) is 9.31. The number of benzene rings is 1. The van der Waals surface area contributed by atoms with Crippen LogP contribution in [0.15, 0.2) is 28.8 Å². The predicted molar refractivity (Wildman–Crippen MR) is 68.5 cm³/mol. The number of hydrogen-bond donors (Lipinski definition) is 0. The monoisotopic (exact) mass is 257 g/mol. The van der Waals surface area contributed by atoms with Gasteiger partial charge in [-0.3, -0.25) is 0 Å². The summed E-state index contributed by atoms with van der Waals surface area (Å²) in [5, 5.41) is 12.6. The van der Waals surface area contributed by atoms with Gasteiger partial charge in [0.1, 0.15) is 0 Å². The Hall–Kier alpha value is -2.19. The van der Waals surface area contributed by atoms with Crippen molar-refractivity contribution in [2.45, 2.75) is 19.8 Å². The van der Waals surface area contributed by atoms with Crippen molar-refractivity contribution < 1.29 is 9.26 Å². The van der Waals surface area contributed by atoms with E-state index in [1.165, 1.54) is 0 Å². The van der Waals surface area contributed by atoms with E-state index in [0.717, 1.165) is 5.56 Å². The first kappa shape index (κ1) is 13.2. The van der Waals surface area contributed by atoms with Crippen LogP contribution in [0.1, 0.15) is 29.8 Å². The molecule has 0 aliphatic carbocycles. The van der Waals surface area contributed by atoms with Crippen LogP contribution in [0, 0.1) is 11.3 Å². The van der Waals surface area contributed by atoms with Gasteiger partial charge in [0.15, 0.2) is 5.82 Å². The summed E-state index contributed by atoms with van der Waals surface area (Å²) in [6, 6.07) is 9.43. The summed E-state index contributed by atoms with van der Waals surface area (Å²) < 4.78 is 10.4. The highest BCUT2D eigenvalue weighted by Crippen LogP contribution is 2.09. The average molecular weight is 257 g/mol. The topological polar surface area (TPSA) is 71.9 Å². The van der Waals surface area contributed by atoms with Crippen LogP contribution in [0.4, 0.5) is 0 Å². The second-order valence-corrected chi connectivity index (χ2v) is 4.04. The Bertz CT molecular complexity index is 555. The molecule has 5 heteroatoms. The Balaban J connectivity index is 1.93. The lowest BCUT2D eigenvalue weighted by atomic mass is 10.1. The minimum absolute atomic E-state index is 0.577. The van der Waals surface area contributed by atoms with Gasteiger partial charge in [0.25, 0.3) is 0 Å². The molecule has 0 fully saturated rings. The molecule has 0 aliphatic rings. The van der Waals surface area contributed by atoms with Crippen LogP contribution in [0.3, 0.4) is 0 Å². The molecular weight excluding hydrogens is 242 g/mol. The Morgan fingerprint density at radius 1 is 1.32 bits per heavy atom. The minimum Gasteiger partial charge on any atom is -0.381 e. The Labute approximate surface area is 111 Å². The fourth-order valence-corrected chi connectivity index (χ4v) is 1.64. The molecule has 1 aromatic heterocycles. The fourth-order valence-electron chi connectivity index (χ4n) is 1.64. The van der Waals surface area contributed by atoms with Gasteiger partial charge in [-0.05, 0) is 24.6 Å². The summed E-state index contributed by atoms with van der Waals surface area (Å²) in [5.74, 6) is 1.24. The lowest BCUT2D eigenvalue weighted by Crippen LogP contribution is -1.99. The van der Waals surface area contributed by atoms with E-state index >= 15 is 0 Å². The predicted octanol–water partition coefficient (Wildman–Crippen LogP) is 2.11. The maximum Gasteiger partial charge on any atom is 0.231 e. The third kappa shape index (κ3) is 3.90. The second-order valence-electron chi connectivity index (χ2n) is 4.04. The van der Waals surface area contributed by atoms with Crippen molar-refractivity contribution in [1.82, 2.24) is 10.1 Å². The molecule has 2 rings (SSSR count). The van der Waals surface area contributed by atoms with E-state index in [2.05, 4.69) is 16.2 Å². The molecule has 0 amide bonds. The molecule has 0 unspecified atom stereocenters. The van der Waals surface area contributed by atoms with E-state index in [1.807, 2.05) is 19.1 Å². The van der Waals surface area contributed by atoms with Gasteiger partial charge in [-0.1, -0.05) is 17.3 Å². The van der Waals surface area contributed by atoms with E-state index < -0.39 is 0 Å². The van der Waals surface area contributed by atoms with Gasteiger partial charge >= 0.3 is 0 Å². The average Bonchev–Trinajstić information content (AvgIpc) is 2.88. The molecule has 0 N–H and O–H groups in total. The Morgan fingerprint density at radius 3 is 2.79 bits per heavy atom. The number of aromatic nitrogens is 2. The lowest BCUT2D eigenvalue weighted by molar-refractivity contribution is 0.149. The van der Waals surface area contributed by atoms with E-state index in [1.54, 1.807) is 12.1 Å². The van der Waals surface area contributed by atoms with Crippen molar-refractivity contribution in [3.8, 4) is 6.07 Å². The van der Waals surface area contributed by atoms with Gasteiger partial charge in [0, 0.05) is 13.0 Å². The van der Waals surface area contributed by atoms with Crippen molar-refractivity contribution in [2.24, 2.45) is 0 Å². The standard InChI is InChI=1S/C14H15N3O2/c1-2-18-8-7-13-16-14(19-17-13)9-11-3-5-12(10-15)6-4-11/h3-6H,2,7-9H2,1H3. The molecule has 1 aromatic carbocycles. The number of rotatable bonds is 6. The van der Waals surface area contributed by atoms with Crippen molar-refractivity contribution in [1.29, 1.82) is 5.26 Å². The van der Waals surface area contributed by atoms with Crippen molar-refractivity contribution in [3.63, 3.8) is 0 Å². The van der Waals surface area contributed by atoms with Gasteiger partial charge in [-0.2, -0.15) is 10.2 Å². The van der Waals surface area contributed by atoms with Crippen LogP contribution in [0.25, 0.3) is 0 Å². The zero-order chi connectivity index (χ0) is 13.5. The van der Waals surface area contributed by atoms with E-state index in [4.69, 9.17) is 14.5 Å². The number of ether oxygens (including phenoxy) is 1. The van der Waals surface area contributed by atoms with Crippen molar-refractivity contribution in [2.75, 3.05) is 13.2 Å². The molecule has 1 heterocycles. The van der Waals surface area contributed by atoms with E-state index in [9.17, 15) is 0 Å². The first-order valence-corrected chi connectivity index (χ1v) is 6.20. The smallest absolute Gasteiger partial charge is 0.231 e. The third-order valence-electron chi connectivity index (χ3n) is 2.62. The van der Waals surface area contributed by atoms with Crippen LogP contribution >= 0.6 is 0 Å². The molecule has 5 nitrogen and oxygen atoms in total. The largest absolute Gasteiger partial charge is 0.381 e. The Morgan fingerprint density at radius 2 is 2.11 bits per heavy atom. The highest BCUT2D eigenvalue weighted by atomic mass is 16.5.